The summed E-state index contributed by atoms with van der Waals surface area (Å²) in [6.07, 6.45) is 3.40. The van der Waals surface area contributed by atoms with Crippen molar-refractivity contribution in [3.05, 3.63) is 21.9 Å². The second kappa shape index (κ2) is 4.06. The van der Waals surface area contributed by atoms with Crippen molar-refractivity contribution in [1.82, 2.24) is 0 Å². The second-order valence-electron chi connectivity index (χ2n) is 1.89. The van der Waals surface area contributed by atoms with Crippen molar-refractivity contribution >= 4 is 0 Å². The highest BCUT2D eigenvalue weighted by molar-refractivity contribution is 4.85. The zero-order valence-corrected chi connectivity index (χ0v) is 5.76. The van der Waals surface area contributed by atoms with Crippen LogP contribution in [0.2, 0.25) is 0 Å². The SMILES string of the molecule is CCC/C=C(/C)[N+](=O)[O-]. The first-order chi connectivity index (χ1) is 4.18. The van der Waals surface area contributed by atoms with Gasteiger partial charge < -0.3 is 0 Å². The van der Waals surface area contributed by atoms with E-state index < -0.39 is 0 Å². The molecule has 0 atom stereocenters. The summed E-state index contributed by atoms with van der Waals surface area (Å²) >= 11 is 0. The summed E-state index contributed by atoms with van der Waals surface area (Å²) in [4.78, 5) is 9.58. The molecular weight excluding hydrogens is 118 g/mol. The summed E-state index contributed by atoms with van der Waals surface area (Å²) in [5, 5.41) is 9.94. The standard InChI is InChI=1S/C6H11NO2/c1-3-4-5-6(2)7(8)9/h5H,3-4H2,1-2H3/b6-5-. The van der Waals surface area contributed by atoms with Gasteiger partial charge in [-0.2, -0.15) is 0 Å². The summed E-state index contributed by atoms with van der Waals surface area (Å²) in [5.41, 5.74) is 0.247. The summed E-state index contributed by atoms with van der Waals surface area (Å²) in [6, 6.07) is 0. The Bertz CT molecular complexity index is 129. The first-order valence-corrected chi connectivity index (χ1v) is 2.99. The Hall–Kier alpha value is -0.860. The van der Waals surface area contributed by atoms with Crippen molar-refractivity contribution in [2.75, 3.05) is 0 Å². The summed E-state index contributed by atoms with van der Waals surface area (Å²) in [5.74, 6) is 0. The van der Waals surface area contributed by atoms with Crippen molar-refractivity contribution < 1.29 is 4.92 Å². The molecule has 0 saturated carbocycles. The lowest BCUT2D eigenvalue weighted by atomic mass is 10.3. The molecule has 0 saturated heterocycles. The van der Waals surface area contributed by atoms with Gasteiger partial charge in [-0.1, -0.05) is 13.3 Å². The smallest absolute Gasteiger partial charge is 0.239 e. The van der Waals surface area contributed by atoms with Crippen molar-refractivity contribution in [3.63, 3.8) is 0 Å². The van der Waals surface area contributed by atoms with Gasteiger partial charge in [0.05, 0.1) is 4.92 Å². The fourth-order valence-electron chi connectivity index (χ4n) is 0.428. The second-order valence-corrected chi connectivity index (χ2v) is 1.89. The third-order valence-electron chi connectivity index (χ3n) is 1.02. The van der Waals surface area contributed by atoms with E-state index in [4.69, 9.17) is 0 Å². The maximum absolute atomic E-state index is 9.94. The lowest BCUT2D eigenvalue weighted by Gasteiger charge is -1.86. The van der Waals surface area contributed by atoms with E-state index in [2.05, 4.69) is 0 Å². The first-order valence-electron chi connectivity index (χ1n) is 2.99. The lowest BCUT2D eigenvalue weighted by Crippen LogP contribution is -1.92. The topological polar surface area (TPSA) is 43.1 Å². The molecule has 0 bridgehead atoms. The highest BCUT2D eigenvalue weighted by atomic mass is 16.6. The molecule has 0 aliphatic carbocycles. The van der Waals surface area contributed by atoms with Gasteiger partial charge in [0.25, 0.3) is 0 Å². The number of hydrogen-bond acceptors (Lipinski definition) is 2. The highest BCUT2D eigenvalue weighted by Gasteiger charge is 1.97. The summed E-state index contributed by atoms with van der Waals surface area (Å²) < 4.78 is 0. The van der Waals surface area contributed by atoms with Gasteiger partial charge in [0.15, 0.2) is 0 Å². The van der Waals surface area contributed by atoms with Crippen LogP contribution in [-0.4, -0.2) is 4.92 Å². The molecule has 0 aliphatic rings. The number of nitrogens with zero attached hydrogens (tertiary/aromatic N) is 1. The zero-order valence-electron chi connectivity index (χ0n) is 5.76. The van der Waals surface area contributed by atoms with Gasteiger partial charge in [-0.3, -0.25) is 10.1 Å². The van der Waals surface area contributed by atoms with Crippen LogP contribution in [0.5, 0.6) is 0 Å². The third-order valence-corrected chi connectivity index (χ3v) is 1.02. The molecule has 52 valence electrons. The number of allylic oxidation sites excluding steroid dienone is 2. The predicted molar refractivity (Wildman–Crippen MR) is 35.7 cm³/mol. The molecule has 0 aromatic heterocycles. The molecule has 0 aromatic rings. The largest absolute Gasteiger partial charge is 0.259 e. The summed E-state index contributed by atoms with van der Waals surface area (Å²) in [6.45, 7) is 3.50. The van der Waals surface area contributed by atoms with E-state index >= 15 is 0 Å². The van der Waals surface area contributed by atoms with Crippen LogP contribution in [0.3, 0.4) is 0 Å². The maximum Gasteiger partial charge on any atom is 0.239 e. The molecule has 0 aromatic carbocycles. The lowest BCUT2D eigenvalue weighted by molar-refractivity contribution is -0.424. The van der Waals surface area contributed by atoms with Crippen molar-refractivity contribution in [3.8, 4) is 0 Å². The van der Waals surface area contributed by atoms with Crippen LogP contribution in [0.1, 0.15) is 26.7 Å². The molecule has 0 amide bonds. The van der Waals surface area contributed by atoms with E-state index in [1.807, 2.05) is 6.92 Å². The minimum absolute atomic E-state index is 0.247. The Balaban J connectivity index is 3.69. The predicted octanol–water partition coefficient (Wildman–Crippen LogP) is 1.97. The maximum atomic E-state index is 9.94. The molecule has 0 unspecified atom stereocenters. The molecule has 0 spiro atoms. The number of hydrogen-bond donors (Lipinski definition) is 0. The van der Waals surface area contributed by atoms with Gasteiger partial charge in [0.2, 0.25) is 5.70 Å². The van der Waals surface area contributed by atoms with Gasteiger partial charge in [0.1, 0.15) is 0 Å². The summed E-state index contributed by atoms with van der Waals surface area (Å²) in [7, 11) is 0. The Morgan fingerprint density at radius 2 is 2.33 bits per heavy atom. The molecule has 3 heteroatoms. The molecule has 9 heavy (non-hydrogen) atoms. The van der Waals surface area contributed by atoms with Crippen molar-refractivity contribution in [2.45, 2.75) is 26.7 Å². The fourth-order valence-corrected chi connectivity index (χ4v) is 0.428. The zero-order chi connectivity index (χ0) is 7.28. The normalized spacial score (nSPS) is 11.6. The number of unbranched alkanes of at least 4 members (excludes halogenated alkanes) is 1. The van der Waals surface area contributed by atoms with Gasteiger partial charge in [-0.05, 0) is 12.5 Å². The van der Waals surface area contributed by atoms with E-state index in [0.29, 0.717) is 0 Å². The molecule has 0 aliphatic heterocycles. The van der Waals surface area contributed by atoms with Crippen LogP contribution >= 0.6 is 0 Å². The number of nitro groups is 1. The first kappa shape index (κ1) is 8.14. The Morgan fingerprint density at radius 1 is 1.78 bits per heavy atom. The van der Waals surface area contributed by atoms with E-state index in [1.54, 1.807) is 6.08 Å². The van der Waals surface area contributed by atoms with Crippen LogP contribution in [0.25, 0.3) is 0 Å². The molecule has 3 nitrogen and oxygen atoms in total. The quantitative estimate of drug-likeness (QED) is 0.432. The van der Waals surface area contributed by atoms with Crippen LogP contribution in [0.15, 0.2) is 11.8 Å². The monoisotopic (exact) mass is 129 g/mol. The molecule has 0 rings (SSSR count). The van der Waals surface area contributed by atoms with E-state index in [-0.39, 0.29) is 10.6 Å². The van der Waals surface area contributed by atoms with Crippen molar-refractivity contribution in [1.29, 1.82) is 0 Å². The van der Waals surface area contributed by atoms with Crippen LogP contribution in [-0.2, 0) is 0 Å². The molecule has 0 radical (unpaired) electrons. The van der Waals surface area contributed by atoms with Gasteiger partial charge >= 0.3 is 0 Å². The van der Waals surface area contributed by atoms with E-state index in [0.717, 1.165) is 12.8 Å². The average molecular weight is 129 g/mol. The highest BCUT2D eigenvalue weighted by Crippen LogP contribution is 1.97. The van der Waals surface area contributed by atoms with Gasteiger partial charge in [-0.15, -0.1) is 0 Å². The Kier molecular flexibility index (Phi) is 3.67. The molecule has 0 N–H and O–H groups in total. The minimum Gasteiger partial charge on any atom is -0.259 e. The van der Waals surface area contributed by atoms with Gasteiger partial charge in [-0.25, -0.2) is 0 Å². The third kappa shape index (κ3) is 3.70. The Morgan fingerprint density at radius 3 is 2.67 bits per heavy atom. The van der Waals surface area contributed by atoms with Gasteiger partial charge in [0, 0.05) is 6.92 Å². The van der Waals surface area contributed by atoms with E-state index in [9.17, 15) is 10.1 Å². The molecule has 0 fully saturated rings. The molecular formula is C6H11NO2. The fraction of sp³-hybridized carbons (Fsp3) is 0.667. The molecule has 0 heterocycles. The average Bonchev–Trinajstić information content (AvgIpc) is 1.82. The van der Waals surface area contributed by atoms with Crippen LogP contribution in [0, 0.1) is 10.1 Å². The number of rotatable bonds is 3. The Labute approximate surface area is 54.5 Å². The van der Waals surface area contributed by atoms with E-state index in [1.165, 1.54) is 6.92 Å². The van der Waals surface area contributed by atoms with Crippen molar-refractivity contribution in [2.24, 2.45) is 0 Å². The minimum atomic E-state index is -0.365. The van der Waals surface area contributed by atoms with Crippen LogP contribution < -0.4 is 0 Å². The van der Waals surface area contributed by atoms with Crippen LogP contribution in [0.4, 0.5) is 0 Å².